The van der Waals surface area contributed by atoms with Gasteiger partial charge in [0, 0.05) is 17.5 Å². The quantitative estimate of drug-likeness (QED) is 0.748. The second-order valence-corrected chi connectivity index (χ2v) is 4.79. The predicted molar refractivity (Wildman–Crippen MR) is 77.4 cm³/mol. The lowest BCUT2D eigenvalue weighted by Crippen LogP contribution is -1.93. The second kappa shape index (κ2) is 4.73. The number of phenolic OH excluding ortho intramolecular Hbond substituents is 1. The molecule has 0 atom stereocenters. The second-order valence-electron chi connectivity index (χ2n) is 4.79. The number of nitrogens with zero attached hydrogens (tertiary/aromatic N) is 1. The van der Waals surface area contributed by atoms with Crippen LogP contribution in [0.5, 0.6) is 5.75 Å². The van der Waals surface area contributed by atoms with Gasteiger partial charge in [-0.05, 0) is 36.2 Å². The van der Waals surface area contributed by atoms with Gasteiger partial charge in [-0.25, -0.2) is 0 Å². The molecule has 0 saturated carbocycles. The summed E-state index contributed by atoms with van der Waals surface area (Å²) in [6, 6.07) is 18.0. The molecule has 0 amide bonds. The predicted octanol–water partition coefficient (Wildman–Crippen LogP) is 3.84. The zero-order valence-electron chi connectivity index (χ0n) is 10.8. The lowest BCUT2D eigenvalue weighted by atomic mass is 10.1. The lowest BCUT2D eigenvalue weighted by molar-refractivity contribution is 0.471. The van der Waals surface area contributed by atoms with Gasteiger partial charge in [0.05, 0.1) is 5.52 Å². The first-order chi connectivity index (χ1) is 9.22. The molecular weight excluding hydrogens is 234 g/mol. The molecule has 2 aromatic carbocycles. The molecular formula is C17H15NO. The van der Waals surface area contributed by atoms with Crippen LogP contribution in [0.4, 0.5) is 0 Å². The first-order valence-corrected chi connectivity index (χ1v) is 6.35. The van der Waals surface area contributed by atoms with Crippen molar-refractivity contribution in [2.75, 3.05) is 0 Å². The van der Waals surface area contributed by atoms with Crippen molar-refractivity contribution in [1.29, 1.82) is 0 Å². The van der Waals surface area contributed by atoms with Crippen LogP contribution in [-0.2, 0) is 6.42 Å². The molecule has 1 N–H and O–H groups in total. The molecule has 0 saturated heterocycles. The van der Waals surface area contributed by atoms with Crippen LogP contribution in [0, 0.1) is 6.92 Å². The molecule has 0 fully saturated rings. The van der Waals surface area contributed by atoms with E-state index in [-0.39, 0.29) is 0 Å². The van der Waals surface area contributed by atoms with Crippen molar-refractivity contribution in [2.24, 2.45) is 0 Å². The normalized spacial score (nSPS) is 10.8. The minimum absolute atomic E-state index is 0.343. The van der Waals surface area contributed by atoms with E-state index in [0.717, 1.165) is 34.1 Å². The number of para-hydroxylation sites is 1. The Kier molecular flexibility index (Phi) is 2.92. The minimum Gasteiger partial charge on any atom is -0.508 e. The van der Waals surface area contributed by atoms with Gasteiger partial charge in [-0.1, -0.05) is 36.4 Å². The molecule has 94 valence electrons. The standard InChI is InChI=1S/C17H15NO/c1-12-10-13(6-9-17(12)19)11-15-8-7-14-4-2-3-5-16(14)18-15/h2-10,19H,11H2,1H3. The highest BCUT2D eigenvalue weighted by molar-refractivity contribution is 5.78. The Labute approximate surface area is 112 Å². The van der Waals surface area contributed by atoms with Gasteiger partial charge < -0.3 is 5.11 Å². The Balaban J connectivity index is 1.94. The third-order valence-electron chi connectivity index (χ3n) is 3.30. The number of aromatic hydroxyl groups is 1. The fourth-order valence-electron chi connectivity index (χ4n) is 2.24. The summed E-state index contributed by atoms with van der Waals surface area (Å²) in [5.74, 6) is 0.343. The summed E-state index contributed by atoms with van der Waals surface area (Å²) >= 11 is 0. The summed E-state index contributed by atoms with van der Waals surface area (Å²) < 4.78 is 0. The van der Waals surface area contributed by atoms with Crippen molar-refractivity contribution in [1.82, 2.24) is 4.98 Å². The van der Waals surface area contributed by atoms with Crippen LogP contribution in [0.3, 0.4) is 0 Å². The van der Waals surface area contributed by atoms with Crippen molar-refractivity contribution in [2.45, 2.75) is 13.3 Å². The topological polar surface area (TPSA) is 33.1 Å². The summed E-state index contributed by atoms with van der Waals surface area (Å²) in [5, 5.41) is 10.7. The van der Waals surface area contributed by atoms with Crippen LogP contribution in [0.1, 0.15) is 16.8 Å². The largest absolute Gasteiger partial charge is 0.508 e. The van der Waals surface area contributed by atoms with E-state index in [4.69, 9.17) is 0 Å². The van der Waals surface area contributed by atoms with E-state index in [9.17, 15) is 5.11 Å². The molecule has 0 unspecified atom stereocenters. The Morgan fingerprint density at radius 1 is 1.00 bits per heavy atom. The Morgan fingerprint density at radius 3 is 2.68 bits per heavy atom. The first-order valence-electron chi connectivity index (χ1n) is 6.35. The summed E-state index contributed by atoms with van der Waals surface area (Å²) in [6.07, 6.45) is 0.784. The Hall–Kier alpha value is -2.35. The molecule has 0 bridgehead atoms. The maximum Gasteiger partial charge on any atom is 0.118 e. The monoisotopic (exact) mass is 249 g/mol. The molecule has 2 nitrogen and oxygen atoms in total. The van der Waals surface area contributed by atoms with Gasteiger partial charge >= 0.3 is 0 Å². The van der Waals surface area contributed by atoms with Crippen molar-refractivity contribution in [3.63, 3.8) is 0 Å². The first kappa shape index (κ1) is 11.7. The van der Waals surface area contributed by atoms with Crippen LogP contribution < -0.4 is 0 Å². The van der Waals surface area contributed by atoms with Gasteiger partial charge in [0.1, 0.15) is 5.75 Å². The van der Waals surface area contributed by atoms with Crippen LogP contribution in [0.2, 0.25) is 0 Å². The zero-order valence-corrected chi connectivity index (χ0v) is 10.8. The average Bonchev–Trinajstić information content (AvgIpc) is 2.43. The summed E-state index contributed by atoms with van der Waals surface area (Å²) in [7, 11) is 0. The van der Waals surface area contributed by atoms with Gasteiger partial charge in [-0.3, -0.25) is 4.98 Å². The summed E-state index contributed by atoms with van der Waals surface area (Å²) in [5.41, 5.74) is 4.13. The van der Waals surface area contributed by atoms with Gasteiger partial charge in [-0.2, -0.15) is 0 Å². The van der Waals surface area contributed by atoms with E-state index < -0.39 is 0 Å². The van der Waals surface area contributed by atoms with Gasteiger partial charge in [0.25, 0.3) is 0 Å². The Bertz CT molecular complexity index is 734. The third-order valence-corrected chi connectivity index (χ3v) is 3.30. The number of fused-ring (bicyclic) bond motifs is 1. The molecule has 2 heteroatoms. The van der Waals surface area contributed by atoms with E-state index in [0.29, 0.717) is 5.75 Å². The fraction of sp³-hybridized carbons (Fsp3) is 0.118. The third kappa shape index (κ3) is 2.43. The summed E-state index contributed by atoms with van der Waals surface area (Å²) in [6.45, 7) is 1.91. The van der Waals surface area contributed by atoms with E-state index in [1.165, 1.54) is 0 Å². The van der Waals surface area contributed by atoms with E-state index >= 15 is 0 Å². The number of hydrogen-bond acceptors (Lipinski definition) is 2. The highest BCUT2D eigenvalue weighted by atomic mass is 16.3. The zero-order chi connectivity index (χ0) is 13.2. The molecule has 0 aliphatic rings. The van der Waals surface area contributed by atoms with Crippen molar-refractivity contribution < 1.29 is 5.11 Å². The molecule has 0 aliphatic heterocycles. The van der Waals surface area contributed by atoms with Crippen molar-refractivity contribution in [3.05, 3.63) is 71.4 Å². The highest BCUT2D eigenvalue weighted by Gasteiger charge is 2.02. The fourth-order valence-corrected chi connectivity index (χ4v) is 2.24. The van der Waals surface area contributed by atoms with E-state index in [2.05, 4.69) is 23.2 Å². The maximum atomic E-state index is 9.54. The number of rotatable bonds is 2. The van der Waals surface area contributed by atoms with Gasteiger partial charge in [0.15, 0.2) is 0 Å². The number of pyridine rings is 1. The van der Waals surface area contributed by atoms with Crippen molar-refractivity contribution >= 4 is 10.9 Å². The Morgan fingerprint density at radius 2 is 1.84 bits per heavy atom. The summed E-state index contributed by atoms with van der Waals surface area (Å²) in [4.78, 5) is 4.66. The van der Waals surface area contributed by atoms with Crippen LogP contribution >= 0.6 is 0 Å². The molecule has 0 radical (unpaired) electrons. The molecule has 3 rings (SSSR count). The van der Waals surface area contributed by atoms with Gasteiger partial charge in [-0.15, -0.1) is 0 Å². The van der Waals surface area contributed by atoms with Crippen molar-refractivity contribution in [3.8, 4) is 5.75 Å². The SMILES string of the molecule is Cc1cc(Cc2ccc3ccccc3n2)ccc1O. The highest BCUT2D eigenvalue weighted by Crippen LogP contribution is 2.19. The minimum atomic E-state index is 0.343. The molecule has 3 aromatic rings. The molecule has 0 spiro atoms. The number of aryl methyl sites for hydroxylation is 1. The van der Waals surface area contributed by atoms with Crippen LogP contribution in [-0.4, -0.2) is 10.1 Å². The molecule has 1 heterocycles. The molecule has 1 aromatic heterocycles. The lowest BCUT2D eigenvalue weighted by Gasteiger charge is -2.05. The van der Waals surface area contributed by atoms with E-state index in [1.807, 2.05) is 37.3 Å². The molecule has 19 heavy (non-hydrogen) atoms. The number of aromatic nitrogens is 1. The van der Waals surface area contributed by atoms with Crippen LogP contribution in [0.15, 0.2) is 54.6 Å². The maximum absolute atomic E-state index is 9.54. The average molecular weight is 249 g/mol. The van der Waals surface area contributed by atoms with Crippen LogP contribution in [0.25, 0.3) is 10.9 Å². The number of benzene rings is 2. The smallest absolute Gasteiger partial charge is 0.118 e. The van der Waals surface area contributed by atoms with Gasteiger partial charge in [0.2, 0.25) is 0 Å². The number of phenols is 1. The number of hydrogen-bond donors (Lipinski definition) is 1. The van der Waals surface area contributed by atoms with E-state index in [1.54, 1.807) is 6.07 Å². The molecule has 0 aliphatic carbocycles.